The molecule has 0 spiro atoms. The summed E-state index contributed by atoms with van der Waals surface area (Å²) in [6.45, 7) is 4.27. The minimum atomic E-state index is 0.387. The van der Waals surface area contributed by atoms with Crippen LogP contribution in [0.2, 0.25) is 0 Å². The molecule has 4 heteroatoms. The molecule has 0 aliphatic rings. The third-order valence-corrected chi connectivity index (χ3v) is 2.65. The molecule has 0 N–H and O–H groups in total. The van der Waals surface area contributed by atoms with Gasteiger partial charge in [0.2, 0.25) is 0 Å². The van der Waals surface area contributed by atoms with Gasteiger partial charge >= 0.3 is 0 Å². The van der Waals surface area contributed by atoms with Crippen molar-refractivity contribution in [3.8, 4) is 11.5 Å². The Bertz CT molecular complexity index is 435. The molecule has 2 rings (SSSR count). The first kappa shape index (κ1) is 10.8. The van der Waals surface area contributed by atoms with Crippen LogP contribution in [-0.2, 0) is 0 Å². The Kier molecular flexibility index (Phi) is 3.29. The van der Waals surface area contributed by atoms with E-state index in [1.807, 2.05) is 0 Å². The maximum atomic E-state index is 5.47. The van der Waals surface area contributed by atoms with E-state index in [9.17, 15) is 0 Å². The highest BCUT2D eigenvalue weighted by molar-refractivity contribution is 5.46. The molecule has 16 heavy (non-hydrogen) atoms. The predicted octanol–water partition coefficient (Wildman–Crippen LogP) is 3.04. The van der Waals surface area contributed by atoms with Crippen LogP contribution in [0.25, 0.3) is 11.5 Å². The normalized spacial score (nSPS) is 10.9. The summed E-state index contributed by atoms with van der Waals surface area (Å²) in [6, 6.07) is 1.78. The molecule has 2 aromatic rings. The zero-order valence-corrected chi connectivity index (χ0v) is 9.55. The quantitative estimate of drug-likeness (QED) is 0.789. The van der Waals surface area contributed by atoms with Gasteiger partial charge in [-0.05, 0) is 18.9 Å². The van der Waals surface area contributed by atoms with E-state index in [2.05, 4.69) is 28.8 Å². The van der Waals surface area contributed by atoms with Crippen molar-refractivity contribution >= 4 is 0 Å². The topological polar surface area (TPSA) is 51.8 Å². The molecule has 0 fully saturated rings. The van der Waals surface area contributed by atoms with Crippen molar-refractivity contribution < 1.29 is 4.42 Å². The van der Waals surface area contributed by atoms with Crippen LogP contribution in [0.4, 0.5) is 0 Å². The van der Waals surface area contributed by atoms with Gasteiger partial charge in [-0.2, -0.15) is 0 Å². The lowest BCUT2D eigenvalue weighted by molar-refractivity contribution is 0.431. The average Bonchev–Trinajstić information content (AvgIpc) is 2.81. The fraction of sp³-hybridized carbons (Fsp3) is 0.417. The zero-order chi connectivity index (χ0) is 11.4. The first-order valence-electron chi connectivity index (χ1n) is 5.58. The molecule has 0 saturated heterocycles. The van der Waals surface area contributed by atoms with Crippen molar-refractivity contribution in [3.05, 3.63) is 30.6 Å². The van der Waals surface area contributed by atoms with Crippen molar-refractivity contribution in [2.45, 2.75) is 32.6 Å². The van der Waals surface area contributed by atoms with E-state index in [-0.39, 0.29) is 0 Å². The second kappa shape index (κ2) is 4.88. The largest absolute Gasteiger partial charge is 0.448 e. The molecule has 0 radical (unpaired) electrons. The number of nitrogens with zero attached hydrogens (tertiary/aromatic N) is 3. The van der Waals surface area contributed by atoms with Crippen LogP contribution in [0.3, 0.4) is 0 Å². The Morgan fingerprint density at radius 1 is 1.19 bits per heavy atom. The molecule has 2 aromatic heterocycles. The Hall–Kier alpha value is -1.71. The minimum Gasteiger partial charge on any atom is -0.448 e. The van der Waals surface area contributed by atoms with Crippen LogP contribution >= 0.6 is 0 Å². The van der Waals surface area contributed by atoms with Crippen LogP contribution in [0.15, 0.2) is 29.1 Å². The van der Waals surface area contributed by atoms with E-state index in [1.165, 1.54) is 0 Å². The number of hydrogen-bond acceptors (Lipinski definition) is 4. The summed E-state index contributed by atoms with van der Waals surface area (Å²) < 4.78 is 5.47. The molecule has 4 nitrogen and oxygen atoms in total. The molecular formula is C12H15N3O. The third kappa shape index (κ3) is 2.10. The van der Waals surface area contributed by atoms with E-state index >= 15 is 0 Å². The second-order valence-electron chi connectivity index (χ2n) is 3.66. The first-order chi connectivity index (χ1) is 7.85. The van der Waals surface area contributed by atoms with Gasteiger partial charge in [0.25, 0.3) is 0 Å². The molecule has 0 aliphatic heterocycles. The van der Waals surface area contributed by atoms with Crippen LogP contribution in [-0.4, -0.2) is 15.0 Å². The van der Waals surface area contributed by atoms with Gasteiger partial charge < -0.3 is 4.42 Å². The van der Waals surface area contributed by atoms with Crippen molar-refractivity contribution in [3.63, 3.8) is 0 Å². The summed E-state index contributed by atoms with van der Waals surface area (Å²) in [5.41, 5.74) is 0.711. The highest BCUT2D eigenvalue weighted by atomic mass is 16.3. The van der Waals surface area contributed by atoms with Crippen LogP contribution < -0.4 is 0 Å². The zero-order valence-electron chi connectivity index (χ0n) is 9.55. The van der Waals surface area contributed by atoms with Gasteiger partial charge in [-0.3, -0.25) is 0 Å². The van der Waals surface area contributed by atoms with Gasteiger partial charge in [-0.15, -0.1) is 0 Å². The molecule has 0 saturated carbocycles. The van der Waals surface area contributed by atoms with E-state index in [1.54, 1.807) is 24.7 Å². The molecule has 0 bridgehead atoms. The summed E-state index contributed by atoms with van der Waals surface area (Å²) >= 11 is 0. The lowest BCUT2D eigenvalue weighted by Crippen LogP contribution is -1.96. The second-order valence-corrected chi connectivity index (χ2v) is 3.66. The molecule has 0 aromatic carbocycles. The predicted molar refractivity (Wildman–Crippen MR) is 60.9 cm³/mol. The van der Waals surface area contributed by atoms with E-state index in [0.717, 1.165) is 18.7 Å². The SMILES string of the molecule is CCC(CC)c1nc(-c2ncccn2)co1. The van der Waals surface area contributed by atoms with Gasteiger partial charge in [-0.1, -0.05) is 13.8 Å². The van der Waals surface area contributed by atoms with Crippen LogP contribution in [0, 0.1) is 0 Å². The van der Waals surface area contributed by atoms with Crippen molar-refractivity contribution in [1.82, 2.24) is 15.0 Å². The lowest BCUT2D eigenvalue weighted by Gasteiger charge is -2.05. The van der Waals surface area contributed by atoms with Crippen molar-refractivity contribution in [2.24, 2.45) is 0 Å². The maximum Gasteiger partial charge on any atom is 0.197 e. The van der Waals surface area contributed by atoms with E-state index in [4.69, 9.17) is 4.42 Å². The minimum absolute atomic E-state index is 0.387. The highest BCUT2D eigenvalue weighted by Crippen LogP contribution is 2.24. The molecule has 2 heterocycles. The lowest BCUT2D eigenvalue weighted by atomic mass is 10.0. The Morgan fingerprint density at radius 3 is 2.50 bits per heavy atom. The summed E-state index contributed by atoms with van der Waals surface area (Å²) in [4.78, 5) is 12.7. The highest BCUT2D eigenvalue weighted by Gasteiger charge is 2.15. The molecular weight excluding hydrogens is 202 g/mol. The number of oxazole rings is 1. The molecule has 0 unspecified atom stereocenters. The van der Waals surface area contributed by atoms with Gasteiger partial charge in [0, 0.05) is 18.3 Å². The summed E-state index contributed by atoms with van der Waals surface area (Å²) in [5.74, 6) is 1.79. The standard InChI is InChI=1S/C12H15N3O/c1-3-9(4-2)12-15-10(8-16-12)11-13-6-5-7-14-11/h5-9H,3-4H2,1-2H3. The Balaban J connectivity index is 2.26. The fourth-order valence-electron chi connectivity index (χ4n) is 1.65. The number of hydrogen-bond donors (Lipinski definition) is 0. The summed E-state index contributed by atoms with van der Waals surface area (Å²) in [6.07, 6.45) is 7.10. The maximum absolute atomic E-state index is 5.47. The van der Waals surface area contributed by atoms with E-state index < -0.39 is 0 Å². The van der Waals surface area contributed by atoms with E-state index in [0.29, 0.717) is 17.4 Å². The number of rotatable bonds is 4. The molecule has 0 atom stereocenters. The van der Waals surface area contributed by atoms with Gasteiger partial charge in [0.15, 0.2) is 11.7 Å². The Labute approximate surface area is 94.8 Å². The van der Waals surface area contributed by atoms with Crippen molar-refractivity contribution in [2.75, 3.05) is 0 Å². The van der Waals surface area contributed by atoms with Crippen LogP contribution in [0.5, 0.6) is 0 Å². The summed E-state index contributed by atoms with van der Waals surface area (Å²) in [5, 5.41) is 0. The fourth-order valence-corrected chi connectivity index (χ4v) is 1.65. The Morgan fingerprint density at radius 2 is 1.88 bits per heavy atom. The molecule has 0 aliphatic carbocycles. The summed E-state index contributed by atoms with van der Waals surface area (Å²) in [7, 11) is 0. The van der Waals surface area contributed by atoms with Crippen LogP contribution in [0.1, 0.15) is 38.5 Å². The van der Waals surface area contributed by atoms with Gasteiger partial charge in [0.05, 0.1) is 0 Å². The first-order valence-corrected chi connectivity index (χ1v) is 5.58. The van der Waals surface area contributed by atoms with Crippen molar-refractivity contribution in [1.29, 1.82) is 0 Å². The average molecular weight is 217 g/mol. The molecule has 0 amide bonds. The smallest absolute Gasteiger partial charge is 0.197 e. The molecule has 84 valence electrons. The van der Waals surface area contributed by atoms with Gasteiger partial charge in [0.1, 0.15) is 12.0 Å². The van der Waals surface area contributed by atoms with Gasteiger partial charge in [-0.25, -0.2) is 15.0 Å². The third-order valence-electron chi connectivity index (χ3n) is 2.65. The monoisotopic (exact) mass is 217 g/mol. The number of aromatic nitrogens is 3.